The molecule has 0 aromatic heterocycles. The number of carbonyl (C=O) groups is 1. The van der Waals surface area contributed by atoms with Crippen LogP contribution < -0.4 is 5.32 Å². The van der Waals surface area contributed by atoms with Crippen molar-refractivity contribution in [2.24, 2.45) is 4.99 Å². The Hall–Kier alpha value is -1.64. The predicted octanol–water partition coefficient (Wildman–Crippen LogP) is 2.90. The number of anilines is 1. The lowest BCUT2D eigenvalue weighted by molar-refractivity contribution is 0.112. The van der Waals surface area contributed by atoms with E-state index in [2.05, 4.69) is 17.0 Å². The van der Waals surface area contributed by atoms with Gasteiger partial charge in [0, 0.05) is 12.6 Å². The third-order valence-corrected chi connectivity index (χ3v) is 1.60. The molecule has 0 saturated carbocycles. The zero-order valence-corrected chi connectivity index (χ0v) is 8.87. The maximum absolute atomic E-state index is 10.4. The number of aldehydes is 1. The van der Waals surface area contributed by atoms with E-state index in [0.29, 0.717) is 11.3 Å². The highest BCUT2D eigenvalue weighted by molar-refractivity contribution is 5.81. The fraction of sp³-hybridized carbons (Fsp3) is 0.273. The highest BCUT2D eigenvalue weighted by atomic mass is 16.1. The highest BCUT2D eigenvalue weighted by Gasteiger charge is 1.98. The first-order chi connectivity index (χ1) is 6.81. The number of rotatable bonds is 3. The van der Waals surface area contributed by atoms with Gasteiger partial charge in [-0.25, -0.2) is 0 Å². The first kappa shape index (κ1) is 12.4. The summed E-state index contributed by atoms with van der Waals surface area (Å²) in [5, 5.41) is 2.95. The van der Waals surface area contributed by atoms with E-state index in [1.54, 1.807) is 25.2 Å². The second-order valence-electron chi connectivity index (χ2n) is 2.30. The van der Waals surface area contributed by atoms with E-state index in [9.17, 15) is 4.79 Å². The Labute approximate surface area is 84.9 Å². The predicted molar refractivity (Wildman–Crippen MR) is 61.9 cm³/mol. The van der Waals surface area contributed by atoms with E-state index in [-0.39, 0.29) is 0 Å². The van der Waals surface area contributed by atoms with Crippen molar-refractivity contribution in [1.29, 1.82) is 0 Å². The smallest absolute Gasteiger partial charge is 0.150 e. The first-order valence-electron chi connectivity index (χ1n) is 4.55. The molecule has 0 amide bonds. The van der Waals surface area contributed by atoms with Crippen LogP contribution in [0.25, 0.3) is 0 Å². The van der Waals surface area contributed by atoms with Crippen molar-refractivity contribution in [2.75, 3.05) is 12.4 Å². The summed E-state index contributed by atoms with van der Waals surface area (Å²) < 4.78 is 0. The van der Waals surface area contributed by atoms with Gasteiger partial charge in [-0.2, -0.15) is 0 Å². The molecule has 1 N–H and O–H groups in total. The number of hydrogen-bond acceptors (Lipinski definition) is 3. The molecule has 0 saturated heterocycles. The summed E-state index contributed by atoms with van der Waals surface area (Å²) in [6.45, 7) is 7.41. The van der Waals surface area contributed by atoms with Crippen LogP contribution in [0.4, 0.5) is 11.4 Å². The van der Waals surface area contributed by atoms with Crippen molar-refractivity contribution in [2.45, 2.75) is 13.8 Å². The van der Waals surface area contributed by atoms with E-state index in [4.69, 9.17) is 0 Å². The van der Waals surface area contributed by atoms with Crippen molar-refractivity contribution in [3.8, 4) is 0 Å². The van der Waals surface area contributed by atoms with Gasteiger partial charge in [0.1, 0.15) is 6.29 Å². The quantitative estimate of drug-likeness (QED) is 0.591. The van der Waals surface area contributed by atoms with Gasteiger partial charge in [0.15, 0.2) is 0 Å². The van der Waals surface area contributed by atoms with E-state index >= 15 is 0 Å². The molecule has 0 unspecified atom stereocenters. The molecule has 1 rings (SSSR count). The molecule has 0 radical (unpaired) electrons. The maximum atomic E-state index is 10.4. The molecule has 0 bridgehead atoms. The number of nitrogens with zero attached hydrogens (tertiary/aromatic N) is 1. The lowest BCUT2D eigenvalue weighted by Gasteiger charge is -2.03. The Kier molecular flexibility index (Phi) is 6.03. The summed E-state index contributed by atoms with van der Waals surface area (Å²) in [7, 11) is 1.80. The van der Waals surface area contributed by atoms with Crippen molar-refractivity contribution in [3.05, 3.63) is 23.8 Å². The lowest BCUT2D eigenvalue weighted by Crippen LogP contribution is -1.89. The summed E-state index contributed by atoms with van der Waals surface area (Å²) in [6.07, 6.45) is 0.786. The summed E-state index contributed by atoms with van der Waals surface area (Å²) in [5.74, 6) is 0. The van der Waals surface area contributed by atoms with E-state index in [1.807, 2.05) is 13.8 Å². The number of benzene rings is 1. The van der Waals surface area contributed by atoms with Crippen LogP contribution in [0.5, 0.6) is 0 Å². The monoisotopic (exact) mass is 192 g/mol. The Balaban J connectivity index is 0.000000791. The zero-order chi connectivity index (χ0) is 11.0. The van der Waals surface area contributed by atoms with Crippen LogP contribution in [-0.4, -0.2) is 20.1 Å². The first-order valence-corrected chi connectivity index (χ1v) is 4.55. The average Bonchev–Trinajstić information content (AvgIpc) is 2.30. The second kappa shape index (κ2) is 6.83. The topological polar surface area (TPSA) is 41.5 Å². The van der Waals surface area contributed by atoms with Crippen LogP contribution in [0.15, 0.2) is 23.2 Å². The number of nitrogens with one attached hydrogen (secondary N) is 1. The molecule has 0 aliphatic carbocycles. The second-order valence-corrected chi connectivity index (χ2v) is 2.30. The number of aliphatic imine (C=N–C) groups is 1. The molecule has 3 nitrogen and oxygen atoms in total. The molecule has 0 aliphatic rings. The Morgan fingerprint density at radius 3 is 2.50 bits per heavy atom. The SMILES string of the molecule is C=Nc1cc(C=O)ccc1NC.CC. The van der Waals surface area contributed by atoms with Crippen molar-refractivity contribution in [3.63, 3.8) is 0 Å². The van der Waals surface area contributed by atoms with Gasteiger partial charge in [-0.15, -0.1) is 0 Å². The minimum absolute atomic E-state index is 0.608. The molecule has 1 aromatic carbocycles. The number of hydrogen-bond donors (Lipinski definition) is 1. The molecule has 3 heteroatoms. The van der Waals surface area contributed by atoms with Gasteiger partial charge in [-0.1, -0.05) is 13.8 Å². The lowest BCUT2D eigenvalue weighted by atomic mass is 10.2. The summed E-state index contributed by atoms with van der Waals surface area (Å²) >= 11 is 0. The van der Waals surface area contributed by atoms with Gasteiger partial charge in [0.05, 0.1) is 11.4 Å². The molecule has 0 heterocycles. The van der Waals surface area contributed by atoms with Crippen molar-refractivity contribution in [1.82, 2.24) is 0 Å². The minimum atomic E-state index is 0.608. The maximum Gasteiger partial charge on any atom is 0.150 e. The molecule has 1 aromatic rings. The van der Waals surface area contributed by atoms with Gasteiger partial charge in [0.25, 0.3) is 0 Å². The standard InChI is InChI=1S/C9H10N2O.C2H6/c1-10-8-4-3-7(6-12)5-9(8)11-2;1-2/h3-6,10H,2H2,1H3;1-2H3. The zero-order valence-electron chi connectivity index (χ0n) is 8.87. The number of carbonyl (C=O) groups excluding carboxylic acids is 1. The molecular formula is C11H16N2O. The van der Waals surface area contributed by atoms with E-state index in [1.165, 1.54) is 0 Å². The van der Waals surface area contributed by atoms with Crippen LogP contribution in [-0.2, 0) is 0 Å². The summed E-state index contributed by atoms with van der Waals surface area (Å²) in [4.78, 5) is 14.2. The molecule has 14 heavy (non-hydrogen) atoms. The normalized spacial score (nSPS) is 8.21. The van der Waals surface area contributed by atoms with Crippen molar-refractivity contribution >= 4 is 24.4 Å². The minimum Gasteiger partial charge on any atom is -0.386 e. The van der Waals surface area contributed by atoms with Gasteiger partial charge < -0.3 is 5.32 Å². The van der Waals surface area contributed by atoms with E-state index in [0.717, 1.165) is 12.0 Å². The third-order valence-electron chi connectivity index (χ3n) is 1.60. The van der Waals surface area contributed by atoms with Gasteiger partial charge in [-0.05, 0) is 24.9 Å². The molecule has 0 aliphatic heterocycles. The third kappa shape index (κ3) is 3.01. The van der Waals surface area contributed by atoms with Gasteiger partial charge in [-0.3, -0.25) is 9.79 Å². The fourth-order valence-electron chi connectivity index (χ4n) is 0.964. The molecule has 0 atom stereocenters. The average molecular weight is 192 g/mol. The van der Waals surface area contributed by atoms with Crippen molar-refractivity contribution < 1.29 is 4.79 Å². The van der Waals surface area contributed by atoms with Crippen LogP contribution in [0.1, 0.15) is 24.2 Å². The molecule has 0 spiro atoms. The highest BCUT2D eigenvalue weighted by Crippen LogP contribution is 2.24. The van der Waals surface area contributed by atoms with Crippen LogP contribution in [0.3, 0.4) is 0 Å². The Bertz CT molecular complexity index is 308. The molecule has 0 fully saturated rings. The summed E-state index contributed by atoms with van der Waals surface area (Å²) in [6, 6.07) is 5.22. The molecular weight excluding hydrogens is 176 g/mol. The molecule has 76 valence electrons. The summed E-state index contributed by atoms with van der Waals surface area (Å²) in [5.41, 5.74) is 2.18. The van der Waals surface area contributed by atoms with Gasteiger partial charge >= 0.3 is 0 Å². The van der Waals surface area contributed by atoms with Crippen LogP contribution in [0.2, 0.25) is 0 Å². The Morgan fingerprint density at radius 1 is 1.43 bits per heavy atom. The fourth-order valence-corrected chi connectivity index (χ4v) is 0.964. The Morgan fingerprint density at radius 2 is 2.07 bits per heavy atom. The van der Waals surface area contributed by atoms with Gasteiger partial charge in [0.2, 0.25) is 0 Å². The van der Waals surface area contributed by atoms with Crippen LogP contribution in [0, 0.1) is 0 Å². The largest absolute Gasteiger partial charge is 0.386 e. The van der Waals surface area contributed by atoms with Crippen LogP contribution >= 0.6 is 0 Å². The van der Waals surface area contributed by atoms with E-state index < -0.39 is 0 Å².